The lowest BCUT2D eigenvalue weighted by Gasteiger charge is -2.22. The summed E-state index contributed by atoms with van der Waals surface area (Å²) in [5.74, 6) is 2.32. The van der Waals surface area contributed by atoms with Crippen molar-refractivity contribution in [2.45, 2.75) is 195 Å². The van der Waals surface area contributed by atoms with Gasteiger partial charge in [0.05, 0.1) is 24.7 Å². The predicted octanol–water partition coefficient (Wildman–Crippen LogP) is 13.0. The Morgan fingerprint density at radius 1 is 0.453 bits per heavy atom. The second kappa shape index (κ2) is 46.0. The fraction of sp³-hybridized carbons (Fsp3) is 0.920. The van der Waals surface area contributed by atoms with Crippen LogP contribution in [0.5, 0.6) is 0 Å². The maximum absolute atomic E-state index is 12.8. The summed E-state index contributed by atoms with van der Waals surface area (Å²) in [7, 11) is 6.57. The third kappa shape index (κ3) is 37.2. The van der Waals surface area contributed by atoms with Crippen molar-refractivity contribution in [3.05, 3.63) is 0 Å². The molecule has 1 aliphatic heterocycles. The number of unbranched alkanes of at least 4 members (excludes halogenated alkanes) is 13. The van der Waals surface area contributed by atoms with E-state index in [2.05, 4.69) is 37.5 Å². The smallest absolute Gasteiger partial charge is 0.308 e. The third-order valence-electron chi connectivity index (χ3n) is 11.8. The van der Waals surface area contributed by atoms with Gasteiger partial charge in [-0.15, -0.1) is 0 Å². The molecular weight excluding hydrogens is 885 g/mol. The zero-order valence-corrected chi connectivity index (χ0v) is 44.5. The van der Waals surface area contributed by atoms with Crippen LogP contribution in [-0.4, -0.2) is 122 Å². The van der Waals surface area contributed by atoms with Gasteiger partial charge in [-0.05, 0) is 77.5 Å². The fourth-order valence-electron chi connectivity index (χ4n) is 7.89. The molecule has 0 radical (unpaired) electrons. The van der Waals surface area contributed by atoms with Crippen molar-refractivity contribution in [2.24, 2.45) is 11.8 Å². The normalized spacial score (nSPS) is 13.0. The molecule has 1 heterocycles. The van der Waals surface area contributed by atoms with Crippen molar-refractivity contribution >= 4 is 67.1 Å². The third-order valence-corrected chi connectivity index (χ3v) is 16.5. The molecule has 0 atom stereocenters. The first kappa shape index (κ1) is 61.2. The van der Waals surface area contributed by atoms with E-state index < -0.39 is 0 Å². The monoisotopic (exact) mass is 979 g/mol. The Kier molecular flexibility index (Phi) is 44.0. The van der Waals surface area contributed by atoms with Crippen molar-refractivity contribution in [2.75, 3.05) is 88.7 Å². The van der Waals surface area contributed by atoms with E-state index in [1.807, 2.05) is 0 Å². The molecule has 0 bridgehead atoms. The molecule has 10 nitrogen and oxygen atoms in total. The summed E-state index contributed by atoms with van der Waals surface area (Å²) < 4.78 is 22.5. The minimum atomic E-state index is -0.220. The molecule has 0 unspecified atom stereocenters. The fourth-order valence-corrected chi connectivity index (χ4v) is 11.2. The van der Waals surface area contributed by atoms with Crippen LogP contribution < -0.4 is 0 Å². The summed E-state index contributed by atoms with van der Waals surface area (Å²) in [4.78, 5) is 55.8. The maximum atomic E-state index is 12.8. The minimum Gasteiger partial charge on any atom is -0.465 e. The first-order chi connectivity index (χ1) is 31.3. The number of rotatable bonds is 47. The second-order valence-electron chi connectivity index (χ2n) is 17.5. The molecule has 1 saturated heterocycles. The van der Waals surface area contributed by atoms with Gasteiger partial charge in [0.2, 0.25) is 0 Å². The van der Waals surface area contributed by atoms with E-state index in [1.54, 1.807) is 43.2 Å². The van der Waals surface area contributed by atoms with Crippen LogP contribution in [0.25, 0.3) is 0 Å². The van der Waals surface area contributed by atoms with Gasteiger partial charge >= 0.3 is 23.9 Å². The molecule has 1 aliphatic rings. The first-order valence-corrected chi connectivity index (χ1v) is 30.9. The molecule has 1 fully saturated rings. The van der Waals surface area contributed by atoms with E-state index in [0.717, 1.165) is 77.3 Å². The summed E-state index contributed by atoms with van der Waals surface area (Å²) in [5, 5.41) is 0. The van der Waals surface area contributed by atoms with E-state index in [0.29, 0.717) is 62.5 Å². The molecule has 0 aromatic rings. The zero-order chi connectivity index (χ0) is 46.6. The number of carbonyl (C=O) groups excluding carboxylic acids is 4. The molecule has 0 aromatic carbocycles. The lowest BCUT2D eigenvalue weighted by atomic mass is 9.94. The number of ether oxygens (including phenoxy) is 4. The summed E-state index contributed by atoms with van der Waals surface area (Å²) in [6, 6.07) is 0. The second-order valence-corrected chi connectivity index (χ2v) is 22.9. The predicted molar refractivity (Wildman–Crippen MR) is 276 cm³/mol. The van der Waals surface area contributed by atoms with Crippen molar-refractivity contribution in [1.29, 1.82) is 0 Å². The first-order valence-electron chi connectivity index (χ1n) is 25.9. The van der Waals surface area contributed by atoms with Crippen LogP contribution in [0.15, 0.2) is 0 Å². The van der Waals surface area contributed by atoms with E-state index in [1.165, 1.54) is 103 Å². The van der Waals surface area contributed by atoms with Crippen molar-refractivity contribution in [3.8, 4) is 0 Å². The van der Waals surface area contributed by atoms with Crippen molar-refractivity contribution < 1.29 is 38.1 Å². The van der Waals surface area contributed by atoms with Crippen LogP contribution in [0.4, 0.5) is 0 Å². The Morgan fingerprint density at radius 3 is 1.17 bits per heavy atom. The average Bonchev–Trinajstić information content (AvgIpc) is 3.82. The van der Waals surface area contributed by atoms with Crippen LogP contribution in [0.3, 0.4) is 0 Å². The van der Waals surface area contributed by atoms with Crippen LogP contribution in [0, 0.1) is 11.8 Å². The van der Waals surface area contributed by atoms with Crippen molar-refractivity contribution in [1.82, 2.24) is 9.80 Å². The van der Waals surface area contributed by atoms with Gasteiger partial charge in [-0.2, -0.15) is 0 Å². The molecule has 0 N–H and O–H groups in total. The molecule has 14 heteroatoms. The number of esters is 4. The Hall–Kier alpha value is -0.800. The summed E-state index contributed by atoms with van der Waals surface area (Å²) in [6.45, 7) is 15.8. The largest absolute Gasteiger partial charge is 0.465 e. The molecule has 0 amide bonds. The van der Waals surface area contributed by atoms with Crippen LogP contribution in [0.1, 0.15) is 195 Å². The van der Waals surface area contributed by atoms with Crippen molar-refractivity contribution in [3.63, 3.8) is 0 Å². The standard InChI is InChI=1S/C50H94N2O8S4/c1-5-9-13-17-25-45(26-18-14-10-6-2)49(55)59-39-43-63-61-41-37-57-47(53)29-35-52(34-24-23-33-51-31-21-22-32-51)36-30-48(54)58-38-42-62-64-44-40-60-50(56)46(27-19-15-11-7-3)28-20-16-12-8-4/h45-46H,5-44H2,1-4H3. The summed E-state index contributed by atoms with van der Waals surface area (Å²) in [6.07, 6.45) is 27.8. The highest BCUT2D eigenvalue weighted by Gasteiger charge is 2.21. The molecule has 376 valence electrons. The lowest BCUT2D eigenvalue weighted by Crippen LogP contribution is -2.31. The highest BCUT2D eigenvalue weighted by molar-refractivity contribution is 8.77. The van der Waals surface area contributed by atoms with Gasteiger partial charge in [0.15, 0.2) is 0 Å². The number of hydrogen-bond donors (Lipinski definition) is 0. The number of carbonyl (C=O) groups is 4. The quantitative estimate of drug-likeness (QED) is 0.0250. The molecule has 0 spiro atoms. The Balaban J connectivity index is 2.31. The van der Waals surface area contributed by atoms with Gasteiger partial charge in [-0.25, -0.2) is 0 Å². The van der Waals surface area contributed by atoms with Gasteiger partial charge < -0.3 is 28.7 Å². The highest BCUT2D eigenvalue weighted by atomic mass is 33.1. The van der Waals surface area contributed by atoms with Crippen LogP contribution in [0.2, 0.25) is 0 Å². The van der Waals surface area contributed by atoms with E-state index >= 15 is 0 Å². The number of likely N-dealkylation sites (tertiary alicyclic amines) is 1. The molecule has 64 heavy (non-hydrogen) atoms. The number of nitrogens with zero attached hydrogens (tertiary/aromatic N) is 2. The highest BCUT2D eigenvalue weighted by Crippen LogP contribution is 2.24. The zero-order valence-electron chi connectivity index (χ0n) is 41.2. The van der Waals surface area contributed by atoms with E-state index in [9.17, 15) is 19.2 Å². The SMILES string of the molecule is CCCCCCC(CCCCCC)C(=O)OCCSSCCOC(=O)CCN(CCCCN1CCCC1)CCC(=O)OCCSSCCOC(=O)C(CCCCCC)CCCCCC. The minimum absolute atomic E-state index is 0.0224. The Bertz CT molecular complexity index is 1020. The summed E-state index contributed by atoms with van der Waals surface area (Å²) >= 11 is 0. The van der Waals surface area contributed by atoms with Crippen LogP contribution in [-0.2, 0) is 38.1 Å². The van der Waals surface area contributed by atoms with E-state index in [4.69, 9.17) is 18.9 Å². The molecule has 1 rings (SSSR count). The van der Waals surface area contributed by atoms with E-state index in [-0.39, 0.29) is 48.6 Å². The summed E-state index contributed by atoms with van der Waals surface area (Å²) in [5.41, 5.74) is 0. The van der Waals surface area contributed by atoms with Gasteiger partial charge in [0, 0.05) is 36.1 Å². The molecule has 0 aromatic heterocycles. The van der Waals surface area contributed by atoms with Gasteiger partial charge in [0.25, 0.3) is 0 Å². The lowest BCUT2D eigenvalue weighted by molar-refractivity contribution is -0.149. The van der Waals surface area contributed by atoms with Crippen LogP contribution >= 0.6 is 43.2 Å². The van der Waals surface area contributed by atoms with Gasteiger partial charge in [-0.3, -0.25) is 19.2 Å². The van der Waals surface area contributed by atoms with Gasteiger partial charge in [0.1, 0.15) is 26.4 Å². The Morgan fingerprint density at radius 2 is 0.812 bits per heavy atom. The average molecular weight is 980 g/mol. The molecule has 0 saturated carbocycles. The maximum Gasteiger partial charge on any atom is 0.308 e. The number of hydrogen-bond acceptors (Lipinski definition) is 14. The molecule has 0 aliphatic carbocycles. The Labute approximate surface area is 408 Å². The molecular formula is C50H94N2O8S4. The topological polar surface area (TPSA) is 112 Å². The van der Waals surface area contributed by atoms with Gasteiger partial charge in [-0.1, -0.05) is 174 Å².